The van der Waals surface area contributed by atoms with E-state index in [9.17, 15) is 0 Å². The third-order valence-corrected chi connectivity index (χ3v) is 4.05. The van der Waals surface area contributed by atoms with Crippen molar-refractivity contribution in [3.63, 3.8) is 0 Å². The lowest BCUT2D eigenvalue weighted by Gasteiger charge is -2.24. The maximum atomic E-state index is 6.08. The Morgan fingerprint density at radius 2 is 1.95 bits per heavy atom. The molecule has 2 N–H and O–H groups in total. The van der Waals surface area contributed by atoms with Gasteiger partial charge in [0.2, 0.25) is 0 Å². The average molecular weight is 312 g/mol. The van der Waals surface area contributed by atoms with Gasteiger partial charge in [-0.1, -0.05) is 39.8 Å². The largest absolute Gasteiger partial charge is 0.493 e. The van der Waals surface area contributed by atoms with E-state index in [1.807, 2.05) is 0 Å². The van der Waals surface area contributed by atoms with Crippen molar-refractivity contribution >= 4 is 12.4 Å². The molecule has 0 saturated heterocycles. The highest BCUT2D eigenvalue weighted by atomic mass is 35.5. The second-order valence-electron chi connectivity index (χ2n) is 7.21. The normalized spacial score (nSPS) is 16.2. The highest BCUT2D eigenvalue weighted by Crippen LogP contribution is 2.35. The number of benzene rings is 1. The molecule has 1 aliphatic carbocycles. The van der Waals surface area contributed by atoms with Crippen LogP contribution in [0.5, 0.6) is 5.75 Å². The molecule has 1 aromatic rings. The monoisotopic (exact) mass is 311 g/mol. The van der Waals surface area contributed by atoms with Gasteiger partial charge >= 0.3 is 0 Å². The summed E-state index contributed by atoms with van der Waals surface area (Å²) in [5.74, 6) is 1.84. The first-order chi connectivity index (χ1) is 9.40. The molecule has 0 bridgehead atoms. The third-order valence-electron chi connectivity index (χ3n) is 4.05. The Labute approximate surface area is 135 Å². The minimum absolute atomic E-state index is 0. The second-order valence-corrected chi connectivity index (χ2v) is 7.21. The smallest absolute Gasteiger partial charge is 0.123 e. The van der Waals surface area contributed by atoms with E-state index in [1.54, 1.807) is 0 Å². The third kappa shape index (κ3) is 5.52. The predicted octanol–water partition coefficient (Wildman–Crippen LogP) is 4.47. The summed E-state index contributed by atoms with van der Waals surface area (Å²) in [5.41, 5.74) is 8.81. The van der Waals surface area contributed by atoms with Crippen LogP contribution in [0.2, 0.25) is 0 Å². The van der Waals surface area contributed by atoms with Gasteiger partial charge in [0.1, 0.15) is 5.75 Å². The van der Waals surface area contributed by atoms with Gasteiger partial charge in [0.25, 0.3) is 0 Å². The van der Waals surface area contributed by atoms with E-state index in [-0.39, 0.29) is 23.9 Å². The van der Waals surface area contributed by atoms with Crippen molar-refractivity contribution in [1.82, 2.24) is 0 Å². The molecule has 0 heterocycles. The van der Waals surface area contributed by atoms with Crippen LogP contribution >= 0.6 is 12.4 Å². The van der Waals surface area contributed by atoms with Crippen molar-refractivity contribution in [1.29, 1.82) is 0 Å². The fraction of sp³-hybridized carbons (Fsp3) is 0.667. The minimum Gasteiger partial charge on any atom is -0.493 e. The van der Waals surface area contributed by atoms with Crippen LogP contribution in [-0.4, -0.2) is 12.6 Å². The molecule has 2 nitrogen and oxygen atoms in total. The first-order valence-electron chi connectivity index (χ1n) is 7.92. The van der Waals surface area contributed by atoms with E-state index in [4.69, 9.17) is 10.5 Å². The first kappa shape index (κ1) is 18.3. The van der Waals surface area contributed by atoms with Crippen LogP contribution in [0, 0.1) is 5.92 Å². The van der Waals surface area contributed by atoms with Crippen LogP contribution in [-0.2, 0) is 11.8 Å². The van der Waals surface area contributed by atoms with E-state index in [0.717, 1.165) is 31.1 Å². The zero-order valence-electron chi connectivity index (χ0n) is 13.8. The van der Waals surface area contributed by atoms with Crippen molar-refractivity contribution in [2.45, 2.75) is 64.8 Å². The quantitative estimate of drug-likeness (QED) is 0.841. The Hall–Kier alpha value is -0.730. The number of hydrogen-bond donors (Lipinski definition) is 1. The van der Waals surface area contributed by atoms with Crippen LogP contribution in [0.3, 0.4) is 0 Å². The summed E-state index contributed by atoms with van der Waals surface area (Å²) in [6.07, 6.45) is 4.62. The van der Waals surface area contributed by atoms with Gasteiger partial charge in [0.05, 0.1) is 6.61 Å². The molecule has 21 heavy (non-hydrogen) atoms. The summed E-state index contributed by atoms with van der Waals surface area (Å²) >= 11 is 0. The first-order valence-corrected chi connectivity index (χ1v) is 7.92. The molecule has 0 aromatic heterocycles. The Bertz CT molecular complexity index is 449. The molecule has 0 aliphatic heterocycles. The van der Waals surface area contributed by atoms with Gasteiger partial charge in [-0.25, -0.2) is 0 Å². The number of halogens is 1. The Morgan fingerprint density at radius 1 is 1.29 bits per heavy atom. The number of ether oxygens (including phenoxy) is 1. The molecule has 120 valence electrons. The lowest BCUT2D eigenvalue weighted by Crippen LogP contribution is -2.22. The molecule has 1 atom stereocenters. The zero-order chi connectivity index (χ0) is 14.8. The van der Waals surface area contributed by atoms with Crippen LogP contribution in [0.15, 0.2) is 18.2 Å². The predicted molar refractivity (Wildman–Crippen MR) is 92.6 cm³/mol. The molecule has 1 aromatic carbocycles. The van der Waals surface area contributed by atoms with Gasteiger partial charge in [-0.15, -0.1) is 12.4 Å². The maximum absolute atomic E-state index is 6.08. The maximum Gasteiger partial charge on any atom is 0.123 e. The highest BCUT2D eigenvalue weighted by molar-refractivity contribution is 5.85. The Kier molecular flexibility index (Phi) is 6.55. The van der Waals surface area contributed by atoms with Crippen LogP contribution < -0.4 is 10.5 Å². The molecule has 3 heteroatoms. The topological polar surface area (TPSA) is 35.2 Å². The van der Waals surface area contributed by atoms with Crippen LogP contribution in [0.25, 0.3) is 0 Å². The molecular formula is C18H30ClNO. The summed E-state index contributed by atoms with van der Waals surface area (Å²) in [5, 5.41) is 0. The molecule has 0 amide bonds. The van der Waals surface area contributed by atoms with E-state index >= 15 is 0 Å². The number of rotatable bonds is 6. The van der Waals surface area contributed by atoms with Gasteiger partial charge in [-0.2, -0.15) is 0 Å². The lowest BCUT2D eigenvalue weighted by atomic mass is 9.84. The molecule has 0 spiro atoms. The fourth-order valence-corrected chi connectivity index (χ4v) is 2.36. The van der Waals surface area contributed by atoms with Gasteiger partial charge in [-0.3, -0.25) is 0 Å². The van der Waals surface area contributed by atoms with E-state index in [1.165, 1.54) is 24.0 Å². The van der Waals surface area contributed by atoms with Crippen molar-refractivity contribution in [2.24, 2.45) is 11.7 Å². The second kappa shape index (κ2) is 7.51. The summed E-state index contributed by atoms with van der Waals surface area (Å²) in [7, 11) is 0. The van der Waals surface area contributed by atoms with E-state index in [2.05, 4.69) is 45.9 Å². The van der Waals surface area contributed by atoms with Crippen molar-refractivity contribution < 1.29 is 4.74 Å². The van der Waals surface area contributed by atoms with Gasteiger partial charge < -0.3 is 10.5 Å². The molecule has 2 rings (SSSR count). The SMILES string of the molecule is CCC(N)Cc1ccc(OCC2CC2)c(C(C)(C)C)c1.Cl. The number of hydrogen-bond acceptors (Lipinski definition) is 2. The molecule has 1 saturated carbocycles. The molecular weight excluding hydrogens is 282 g/mol. The van der Waals surface area contributed by atoms with Crippen molar-refractivity contribution in [3.8, 4) is 5.75 Å². The zero-order valence-corrected chi connectivity index (χ0v) is 14.6. The van der Waals surface area contributed by atoms with Gasteiger partial charge in [0.15, 0.2) is 0 Å². The Morgan fingerprint density at radius 3 is 2.48 bits per heavy atom. The molecule has 0 radical (unpaired) electrons. The van der Waals surface area contributed by atoms with E-state index in [0.29, 0.717) is 0 Å². The summed E-state index contributed by atoms with van der Waals surface area (Å²) in [6, 6.07) is 6.85. The Balaban J connectivity index is 0.00000220. The minimum atomic E-state index is 0. The molecule has 1 unspecified atom stereocenters. The van der Waals surface area contributed by atoms with Gasteiger partial charge in [0, 0.05) is 6.04 Å². The lowest BCUT2D eigenvalue weighted by molar-refractivity contribution is 0.292. The summed E-state index contributed by atoms with van der Waals surface area (Å²) in [6.45, 7) is 9.75. The summed E-state index contributed by atoms with van der Waals surface area (Å²) in [4.78, 5) is 0. The van der Waals surface area contributed by atoms with Crippen molar-refractivity contribution in [3.05, 3.63) is 29.3 Å². The average Bonchev–Trinajstić information content (AvgIpc) is 3.20. The van der Waals surface area contributed by atoms with Crippen LogP contribution in [0.1, 0.15) is 58.1 Å². The molecule has 1 fully saturated rings. The fourth-order valence-electron chi connectivity index (χ4n) is 2.36. The van der Waals surface area contributed by atoms with Crippen LogP contribution in [0.4, 0.5) is 0 Å². The van der Waals surface area contributed by atoms with Gasteiger partial charge in [-0.05, 0) is 54.2 Å². The van der Waals surface area contributed by atoms with Crippen molar-refractivity contribution in [2.75, 3.05) is 6.61 Å². The van der Waals surface area contributed by atoms with E-state index < -0.39 is 0 Å². The highest BCUT2D eigenvalue weighted by Gasteiger charge is 2.24. The molecule has 1 aliphatic rings. The summed E-state index contributed by atoms with van der Waals surface area (Å²) < 4.78 is 6.04. The number of nitrogens with two attached hydrogens (primary N) is 1. The standard InChI is InChI=1S/C18H29NO.ClH/c1-5-15(19)10-14-8-9-17(20-12-13-6-7-13)16(11-14)18(2,3)4;/h8-9,11,13,15H,5-7,10,12,19H2,1-4H3;1H.